The van der Waals surface area contributed by atoms with Gasteiger partial charge in [0.1, 0.15) is 11.2 Å². The number of benzene rings is 7. The van der Waals surface area contributed by atoms with Crippen molar-refractivity contribution in [3.05, 3.63) is 185 Å². The van der Waals surface area contributed by atoms with Crippen LogP contribution < -0.4 is 5.43 Å². The summed E-state index contributed by atoms with van der Waals surface area (Å²) in [6, 6.07) is 55.2. The minimum Gasteiger partial charge on any atom is -0.456 e. The summed E-state index contributed by atoms with van der Waals surface area (Å²) in [5.41, 5.74) is 12.8. The predicted octanol–water partition coefficient (Wildman–Crippen LogP) is 11.8. The lowest BCUT2D eigenvalue weighted by Crippen LogP contribution is -2.15. The molecule has 256 valence electrons. The highest BCUT2D eigenvalue weighted by Crippen LogP contribution is 2.49. The number of nitrogens with zero attached hydrogens (tertiary/aromatic N) is 3. The zero-order valence-corrected chi connectivity index (χ0v) is 29.7. The second-order valence-electron chi connectivity index (χ2n) is 14.4. The summed E-state index contributed by atoms with van der Waals surface area (Å²) < 4.78 is 6.06. The predicted molar refractivity (Wildman–Crippen MR) is 218 cm³/mol. The standard InChI is InChI=1S/C49H33N3O2/c1-49(2)41-18-10-8-15-36(41)37-26-24-34(29-42(37)49)47-50-46(51-48(52-47)38-16-7-6-14-35(38)31-12-4-3-5-13-31)32-22-20-30(21-23-32)33-25-27-44-40(28-33)45(53)39-17-9-11-19-43(39)54-44/h3-29H,1-2H3. The average Bonchev–Trinajstić information content (AvgIpc) is 3.46. The van der Waals surface area contributed by atoms with Crippen molar-refractivity contribution in [3.63, 3.8) is 0 Å². The molecular formula is C49H33N3O2. The molecule has 2 aromatic heterocycles. The Bertz CT molecular complexity index is 2980. The fourth-order valence-corrected chi connectivity index (χ4v) is 7.94. The summed E-state index contributed by atoms with van der Waals surface area (Å²) in [5.74, 6) is 1.80. The Morgan fingerprint density at radius 2 is 0.981 bits per heavy atom. The first-order valence-electron chi connectivity index (χ1n) is 18.1. The molecule has 0 saturated carbocycles. The number of rotatable bonds is 5. The van der Waals surface area contributed by atoms with Crippen LogP contribution in [0.1, 0.15) is 25.0 Å². The van der Waals surface area contributed by atoms with Gasteiger partial charge in [-0.3, -0.25) is 4.79 Å². The van der Waals surface area contributed by atoms with E-state index in [4.69, 9.17) is 19.4 Å². The first-order valence-corrected chi connectivity index (χ1v) is 18.1. The normalized spacial score (nSPS) is 12.9. The molecule has 0 atom stereocenters. The molecule has 5 nitrogen and oxygen atoms in total. The molecule has 1 aliphatic carbocycles. The van der Waals surface area contributed by atoms with Gasteiger partial charge < -0.3 is 4.42 Å². The summed E-state index contributed by atoms with van der Waals surface area (Å²) in [5, 5.41) is 1.13. The molecule has 0 unspecified atom stereocenters. The molecule has 54 heavy (non-hydrogen) atoms. The summed E-state index contributed by atoms with van der Waals surface area (Å²) in [6.07, 6.45) is 0. The smallest absolute Gasteiger partial charge is 0.200 e. The molecule has 0 fully saturated rings. The monoisotopic (exact) mass is 695 g/mol. The molecule has 2 heterocycles. The quantitative estimate of drug-likeness (QED) is 0.168. The third kappa shape index (κ3) is 5.16. The summed E-state index contributed by atoms with van der Waals surface area (Å²) in [4.78, 5) is 28.8. The Balaban J connectivity index is 1.10. The van der Waals surface area contributed by atoms with Crippen LogP contribution in [0.4, 0.5) is 0 Å². The van der Waals surface area contributed by atoms with Gasteiger partial charge in [-0.2, -0.15) is 0 Å². The molecule has 0 aliphatic heterocycles. The second kappa shape index (κ2) is 12.3. The molecule has 10 rings (SSSR count). The van der Waals surface area contributed by atoms with E-state index in [-0.39, 0.29) is 10.8 Å². The first-order chi connectivity index (χ1) is 26.4. The summed E-state index contributed by atoms with van der Waals surface area (Å²) in [6.45, 7) is 4.57. The maximum absolute atomic E-state index is 13.4. The number of aromatic nitrogens is 3. The molecule has 5 heteroatoms. The summed E-state index contributed by atoms with van der Waals surface area (Å²) in [7, 11) is 0. The lowest BCUT2D eigenvalue weighted by atomic mass is 9.82. The molecule has 0 radical (unpaired) electrons. The van der Waals surface area contributed by atoms with Crippen molar-refractivity contribution in [2.75, 3.05) is 0 Å². The fourth-order valence-electron chi connectivity index (χ4n) is 7.94. The molecule has 0 bridgehead atoms. The SMILES string of the molecule is CC1(C)c2ccccc2-c2ccc(-c3nc(-c4ccc(-c5ccc6oc7ccccc7c(=O)c6c5)cc4)nc(-c4ccccc4-c4ccccc4)n3)cc21. The van der Waals surface area contributed by atoms with Crippen LogP contribution in [-0.4, -0.2) is 15.0 Å². The Labute approximate surface area is 312 Å². The third-order valence-corrected chi connectivity index (χ3v) is 10.8. The van der Waals surface area contributed by atoms with Crippen LogP contribution in [-0.2, 0) is 5.41 Å². The van der Waals surface area contributed by atoms with Crippen LogP contribution in [0.15, 0.2) is 173 Å². The van der Waals surface area contributed by atoms with Crippen molar-refractivity contribution in [3.8, 4) is 67.5 Å². The number of para-hydroxylation sites is 1. The molecule has 7 aromatic carbocycles. The molecule has 0 saturated heterocycles. The van der Waals surface area contributed by atoms with Crippen LogP contribution in [0.25, 0.3) is 89.5 Å². The zero-order valence-electron chi connectivity index (χ0n) is 29.7. The van der Waals surface area contributed by atoms with Gasteiger partial charge >= 0.3 is 0 Å². The minimum atomic E-state index is -0.160. The Morgan fingerprint density at radius 1 is 0.407 bits per heavy atom. The van der Waals surface area contributed by atoms with Crippen LogP contribution in [0, 0.1) is 0 Å². The van der Waals surface area contributed by atoms with Crippen molar-refractivity contribution < 1.29 is 4.42 Å². The van der Waals surface area contributed by atoms with Gasteiger partial charge in [0.2, 0.25) is 5.43 Å². The van der Waals surface area contributed by atoms with Gasteiger partial charge in [0.15, 0.2) is 17.5 Å². The zero-order chi connectivity index (χ0) is 36.4. The highest BCUT2D eigenvalue weighted by molar-refractivity contribution is 5.92. The number of hydrogen-bond acceptors (Lipinski definition) is 5. The van der Waals surface area contributed by atoms with E-state index < -0.39 is 0 Å². The fraction of sp³-hybridized carbons (Fsp3) is 0.0612. The topological polar surface area (TPSA) is 68.9 Å². The average molecular weight is 696 g/mol. The van der Waals surface area contributed by atoms with E-state index in [1.54, 1.807) is 6.07 Å². The Kier molecular flexibility index (Phi) is 7.24. The van der Waals surface area contributed by atoms with Crippen LogP contribution in [0.5, 0.6) is 0 Å². The maximum Gasteiger partial charge on any atom is 0.200 e. The van der Waals surface area contributed by atoms with E-state index in [1.807, 2.05) is 78.9 Å². The molecule has 0 amide bonds. The van der Waals surface area contributed by atoms with Gasteiger partial charge in [0.25, 0.3) is 0 Å². The number of fused-ring (bicyclic) bond motifs is 5. The number of hydrogen-bond donors (Lipinski definition) is 0. The molecular weight excluding hydrogens is 663 g/mol. The van der Waals surface area contributed by atoms with E-state index >= 15 is 0 Å². The lowest BCUT2D eigenvalue weighted by Gasteiger charge is -2.21. The molecule has 1 aliphatic rings. The highest BCUT2D eigenvalue weighted by atomic mass is 16.3. The van der Waals surface area contributed by atoms with Gasteiger partial charge in [-0.05, 0) is 74.8 Å². The van der Waals surface area contributed by atoms with Gasteiger partial charge in [0, 0.05) is 22.1 Å². The van der Waals surface area contributed by atoms with Gasteiger partial charge in [-0.25, -0.2) is 15.0 Å². The van der Waals surface area contributed by atoms with Crippen LogP contribution in [0.3, 0.4) is 0 Å². The van der Waals surface area contributed by atoms with E-state index in [1.165, 1.54) is 22.3 Å². The summed E-state index contributed by atoms with van der Waals surface area (Å²) >= 11 is 0. The highest BCUT2D eigenvalue weighted by Gasteiger charge is 2.35. The minimum absolute atomic E-state index is 0.0369. The van der Waals surface area contributed by atoms with E-state index in [9.17, 15) is 4.79 Å². The first kappa shape index (κ1) is 31.7. The Hall–Kier alpha value is -6.98. The molecule has 0 N–H and O–H groups in total. The molecule has 9 aromatic rings. The van der Waals surface area contributed by atoms with E-state index in [0.717, 1.165) is 38.9 Å². The van der Waals surface area contributed by atoms with Gasteiger partial charge in [-0.1, -0.05) is 147 Å². The molecule has 0 spiro atoms. The van der Waals surface area contributed by atoms with Crippen LogP contribution in [0.2, 0.25) is 0 Å². The maximum atomic E-state index is 13.4. The van der Waals surface area contributed by atoms with Crippen molar-refractivity contribution >= 4 is 21.9 Å². The van der Waals surface area contributed by atoms with Gasteiger partial charge in [-0.15, -0.1) is 0 Å². The van der Waals surface area contributed by atoms with Crippen molar-refractivity contribution in [2.45, 2.75) is 19.3 Å². The van der Waals surface area contributed by atoms with E-state index in [2.05, 4.69) is 92.7 Å². The Morgan fingerprint density at radius 3 is 1.80 bits per heavy atom. The second-order valence-corrected chi connectivity index (χ2v) is 14.4. The van der Waals surface area contributed by atoms with Crippen molar-refractivity contribution in [1.82, 2.24) is 15.0 Å². The van der Waals surface area contributed by atoms with Crippen molar-refractivity contribution in [2.24, 2.45) is 0 Å². The van der Waals surface area contributed by atoms with E-state index in [0.29, 0.717) is 39.4 Å². The largest absolute Gasteiger partial charge is 0.456 e. The third-order valence-electron chi connectivity index (χ3n) is 10.8. The van der Waals surface area contributed by atoms with Crippen molar-refractivity contribution in [1.29, 1.82) is 0 Å². The van der Waals surface area contributed by atoms with Crippen LogP contribution >= 0.6 is 0 Å². The lowest BCUT2D eigenvalue weighted by molar-refractivity contribution is 0.660. The van der Waals surface area contributed by atoms with Gasteiger partial charge in [0.05, 0.1) is 10.8 Å².